The smallest absolute Gasteiger partial charge is 0.266 e. The first-order valence-electron chi connectivity index (χ1n) is 8.54. The van der Waals surface area contributed by atoms with Gasteiger partial charge in [0.2, 0.25) is 0 Å². The number of aryl methyl sites for hydroxylation is 1. The van der Waals surface area contributed by atoms with Crippen LogP contribution in [0.15, 0.2) is 47.4 Å². The molecular weight excluding hydrogens is 378 g/mol. The molecule has 0 saturated carbocycles. The van der Waals surface area contributed by atoms with Crippen LogP contribution in [0, 0.1) is 6.92 Å². The second-order valence-corrected chi connectivity index (χ2v) is 7.86. The summed E-state index contributed by atoms with van der Waals surface area (Å²) >= 11 is 6.78. The zero-order chi connectivity index (χ0) is 19.4. The van der Waals surface area contributed by atoms with Crippen molar-refractivity contribution in [2.24, 2.45) is 0 Å². The number of nitrogens with zero attached hydrogens (tertiary/aromatic N) is 1. The van der Waals surface area contributed by atoms with E-state index in [1.807, 2.05) is 49.4 Å². The Morgan fingerprint density at radius 3 is 2.59 bits per heavy atom. The molecule has 27 heavy (non-hydrogen) atoms. The number of thiocarbonyl (C=S) groups is 1. The van der Waals surface area contributed by atoms with Crippen molar-refractivity contribution in [3.63, 3.8) is 0 Å². The highest BCUT2D eigenvalue weighted by molar-refractivity contribution is 8.26. The summed E-state index contributed by atoms with van der Waals surface area (Å²) in [6, 6.07) is 13.8. The van der Waals surface area contributed by atoms with Crippen LogP contribution in [0.3, 0.4) is 0 Å². The summed E-state index contributed by atoms with van der Waals surface area (Å²) in [5.74, 6) is 1.33. The lowest BCUT2D eigenvalue weighted by Crippen LogP contribution is -2.30. The van der Waals surface area contributed by atoms with Crippen LogP contribution < -0.4 is 9.47 Å². The Labute approximate surface area is 169 Å². The lowest BCUT2D eigenvalue weighted by atomic mass is 10.1. The van der Waals surface area contributed by atoms with Gasteiger partial charge in [0.15, 0.2) is 11.5 Å². The maximum atomic E-state index is 12.8. The lowest BCUT2D eigenvalue weighted by Gasteiger charge is -2.15. The van der Waals surface area contributed by atoms with Crippen molar-refractivity contribution >= 4 is 40.3 Å². The second-order valence-electron chi connectivity index (χ2n) is 6.19. The predicted octanol–water partition coefficient (Wildman–Crippen LogP) is 4.46. The van der Waals surface area contributed by atoms with Crippen LogP contribution in [0.25, 0.3) is 6.08 Å². The van der Waals surface area contributed by atoms with E-state index in [4.69, 9.17) is 21.7 Å². The molecule has 1 heterocycles. The third-order valence-corrected chi connectivity index (χ3v) is 5.66. The van der Waals surface area contributed by atoms with Gasteiger partial charge < -0.3 is 9.47 Å². The fraction of sp³-hybridized carbons (Fsp3) is 0.238. The summed E-state index contributed by atoms with van der Waals surface area (Å²) in [5.41, 5.74) is 3.23. The standard InChI is InChI=1S/C21H21NO3S2/c1-14-5-4-6-16(11-14)13-19-20(23)22(21(26)27-19)10-9-15-7-8-17(24-2)18(12-15)25-3/h4-8,11-13H,9-10H2,1-3H3/b19-13-. The van der Waals surface area contributed by atoms with E-state index in [0.29, 0.717) is 33.7 Å². The lowest BCUT2D eigenvalue weighted by molar-refractivity contribution is -0.122. The molecule has 0 N–H and O–H groups in total. The Morgan fingerprint density at radius 2 is 1.89 bits per heavy atom. The minimum absolute atomic E-state index is 0.0352. The van der Waals surface area contributed by atoms with E-state index in [0.717, 1.165) is 16.7 Å². The number of benzene rings is 2. The van der Waals surface area contributed by atoms with Gasteiger partial charge in [0, 0.05) is 6.54 Å². The Hall–Kier alpha value is -2.31. The summed E-state index contributed by atoms with van der Waals surface area (Å²) < 4.78 is 11.2. The van der Waals surface area contributed by atoms with Crippen LogP contribution in [0.2, 0.25) is 0 Å². The number of carbonyl (C=O) groups is 1. The molecule has 0 aromatic heterocycles. The molecule has 3 rings (SSSR count). The molecule has 0 unspecified atom stereocenters. The van der Waals surface area contributed by atoms with Crippen LogP contribution >= 0.6 is 24.0 Å². The fourth-order valence-corrected chi connectivity index (χ4v) is 4.19. The highest BCUT2D eigenvalue weighted by atomic mass is 32.2. The van der Waals surface area contributed by atoms with Gasteiger partial charge in [0.05, 0.1) is 19.1 Å². The van der Waals surface area contributed by atoms with E-state index < -0.39 is 0 Å². The highest BCUT2D eigenvalue weighted by Crippen LogP contribution is 2.33. The van der Waals surface area contributed by atoms with Gasteiger partial charge in [-0.3, -0.25) is 9.69 Å². The molecule has 140 valence electrons. The number of amides is 1. The SMILES string of the molecule is COc1ccc(CCN2C(=O)/C(=C/c3cccc(C)c3)SC2=S)cc1OC. The van der Waals surface area contributed by atoms with Crippen LogP contribution in [-0.4, -0.2) is 35.9 Å². The zero-order valence-corrected chi connectivity index (χ0v) is 17.2. The van der Waals surface area contributed by atoms with E-state index >= 15 is 0 Å². The normalized spacial score (nSPS) is 15.5. The first-order chi connectivity index (χ1) is 13.0. The van der Waals surface area contributed by atoms with Crippen molar-refractivity contribution in [1.29, 1.82) is 0 Å². The molecule has 6 heteroatoms. The molecule has 1 amide bonds. The van der Waals surface area contributed by atoms with E-state index in [9.17, 15) is 4.79 Å². The summed E-state index contributed by atoms with van der Waals surface area (Å²) in [4.78, 5) is 15.1. The number of hydrogen-bond acceptors (Lipinski definition) is 5. The Morgan fingerprint density at radius 1 is 1.11 bits per heavy atom. The van der Waals surface area contributed by atoms with Crippen molar-refractivity contribution in [3.8, 4) is 11.5 Å². The highest BCUT2D eigenvalue weighted by Gasteiger charge is 2.31. The Kier molecular flexibility index (Phi) is 6.19. The third-order valence-electron chi connectivity index (χ3n) is 4.29. The van der Waals surface area contributed by atoms with Gasteiger partial charge >= 0.3 is 0 Å². The average Bonchev–Trinajstić information content (AvgIpc) is 2.92. The molecule has 0 aliphatic carbocycles. The largest absolute Gasteiger partial charge is 0.493 e. The van der Waals surface area contributed by atoms with Crippen molar-refractivity contribution < 1.29 is 14.3 Å². The quantitative estimate of drug-likeness (QED) is 0.530. The average molecular weight is 400 g/mol. The van der Waals surface area contributed by atoms with Crippen LogP contribution in [0.4, 0.5) is 0 Å². The predicted molar refractivity (Wildman–Crippen MR) is 114 cm³/mol. The molecule has 1 aliphatic rings. The Balaban J connectivity index is 1.71. The van der Waals surface area contributed by atoms with E-state index in [1.165, 1.54) is 11.8 Å². The van der Waals surface area contributed by atoms with Crippen molar-refractivity contribution in [2.45, 2.75) is 13.3 Å². The van der Waals surface area contributed by atoms with Gasteiger partial charge in [0.1, 0.15) is 4.32 Å². The van der Waals surface area contributed by atoms with Gasteiger partial charge in [-0.1, -0.05) is 59.9 Å². The van der Waals surface area contributed by atoms with Gasteiger partial charge in [0.25, 0.3) is 5.91 Å². The minimum Gasteiger partial charge on any atom is -0.493 e. The van der Waals surface area contributed by atoms with E-state index in [2.05, 4.69) is 6.07 Å². The topological polar surface area (TPSA) is 38.8 Å². The molecule has 0 atom stereocenters. The zero-order valence-electron chi connectivity index (χ0n) is 15.5. The molecule has 1 aliphatic heterocycles. The second kappa shape index (κ2) is 8.59. The summed E-state index contributed by atoms with van der Waals surface area (Å²) in [7, 11) is 3.22. The Bertz CT molecular complexity index is 908. The molecule has 1 fully saturated rings. The maximum Gasteiger partial charge on any atom is 0.266 e. The van der Waals surface area contributed by atoms with Crippen LogP contribution in [-0.2, 0) is 11.2 Å². The maximum absolute atomic E-state index is 12.8. The first kappa shape index (κ1) is 19.5. The summed E-state index contributed by atoms with van der Waals surface area (Å²) in [6.07, 6.45) is 2.59. The van der Waals surface area contributed by atoms with Crippen LogP contribution in [0.1, 0.15) is 16.7 Å². The van der Waals surface area contributed by atoms with E-state index in [1.54, 1.807) is 19.1 Å². The monoisotopic (exact) mass is 399 g/mol. The molecule has 0 spiro atoms. The number of ether oxygens (including phenoxy) is 2. The number of hydrogen-bond donors (Lipinski definition) is 0. The molecule has 2 aromatic carbocycles. The fourth-order valence-electron chi connectivity index (χ4n) is 2.88. The van der Waals surface area contributed by atoms with Crippen LogP contribution in [0.5, 0.6) is 11.5 Å². The number of thioether (sulfide) groups is 1. The van der Waals surface area contributed by atoms with Crippen molar-refractivity contribution in [1.82, 2.24) is 4.90 Å². The first-order valence-corrected chi connectivity index (χ1v) is 9.77. The molecule has 0 radical (unpaired) electrons. The van der Waals surface area contributed by atoms with Gasteiger partial charge in [-0.25, -0.2) is 0 Å². The van der Waals surface area contributed by atoms with Gasteiger partial charge in [-0.15, -0.1) is 0 Å². The molecule has 1 saturated heterocycles. The molecular formula is C21H21NO3S2. The molecule has 0 bridgehead atoms. The molecule has 2 aromatic rings. The van der Waals surface area contributed by atoms with Gasteiger partial charge in [-0.2, -0.15) is 0 Å². The number of rotatable bonds is 6. The summed E-state index contributed by atoms with van der Waals surface area (Å²) in [6.45, 7) is 2.57. The number of methoxy groups -OCH3 is 2. The van der Waals surface area contributed by atoms with Crippen molar-refractivity contribution in [3.05, 3.63) is 64.1 Å². The summed E-state index contributed by atoms with van der Waals surface area (Å²) in [5, 5.41) is 0. The minimum atomic E-state index is -0.0352. The van der Waals surface area contributed by atoms with E-state index in [-0.39, 0.29) is 5.91 Å². The third kappa shape index (κ3) is 4.51. The van der Waals surface area contributed by atoms with Gasteiger partial charge in [-0.05, 0) is 42.7 Å². The number of carbonyl (C=O) groups excluding carboxylic acids is 1. The van der Waals surface area contributed by atoms with Crippen molar-refractivity contribution in [2.75, 3.05) is 20.8 Å². The molecule has 4 nitrogen and oxygen atoms in total.